The molecule has 0 unspecified atom stereocenters. The molecule has 4 heteroatoms. The van der Waals surface area contributed by atoms with Crippen LogP contribution in [0.3, 0.4) is 0 Å². The lowest BCUT2D eigenvalue weighted by Gasteiger charge is -2.24. The molecule has 1 aromatic rings. The van der Waals surface area contributed by atoms with Crippen molar-refractivity contribution in [1.82, 2.24) is 0 Å². The Bertz CT molecular complexity index is 388. The molecule has 0 aliphatic heterocycles. The molecule has 0 atom stereocenters. The molecule has 0 amide bonds. The quantitative estimate of drug-likeness (QED) is 0.918. The molecule has 0 aromatic heterocycles. The van der Waals surface area contributed by atoms with E-state index in [1.807, 2.05) is 0 Å². The van der Waals surface area contributed by atoms with E-state index >= 15 is 0 Å². The highest BCUT2D eigenvalue weighted by Crippen LogP contribution is 2.34. The Hall–Kier alpha value is -0.900. The fourth-order valence-electron chi connectivity index (χ4n) is 1.50. The fourth-order valence-corrected chi connectivity index (χ4v) is 2.30. The van der Waals surface area contributed by atoms with Gasteiger partial charge in [0.25, 0.3) is 0 Å². The van der Waals surface area contributed by atoms with Crippen LogP contribution in [0.5, 0.6) is 0 Å². The molecule has 0 saturated heterocycles. The first kappa shape index (κ1) is 12.2. The highest BCUT2D eigenvalue weighted by molar-refractivity contribution is 9.10. The van der Waals surface area contributed by atoms with Crippen LogP contribution in [0.4, 0.5) is 4.39 Å². The predicted octanol–water partition coefficient (Wildman–Crippen LogP) is 3.34. The van der Waals surface area contributed by atoms with E-state index in [4.69, 9.17) is 5.11 Å². The summed E-state index contributed by atoms with van der Waals surface area (Å²) in [6, 6.07) is 4.65. The van der Waals surface area contributed by atoms with Crippen LogP contribution < -0.4 is 0 Å². The first-order valence-electron chi connectivity index (χ1n) is 4.51. The summed E-state index contributed by atoms with van der Waals surface area (Å²) < 4.78 is 13.6. The summed E-state index contributed by atoms with van der Waals surface area (Å²) >= 11 is 3.14. The van der Waals surface area contributed by atoms with Crippen molar-refractivity contribution in [2.24, 2.45) is 0 Å². The summed E-state index contributed by atoms with van der Waals surface area (Å²) in [4.78, 5) is 10.7. The van der Waals surface area contributed by atoms with Crippen LogP contribution in [-0.4, -0.2) is 11.1 Å². The van der Waals surface area contributed by atoms with Gasteiger partial charge >= 0.3 is 5.97 Å². The summed E-state index contributed by atoms with van der Waals surface area (Å²) in [6.45, 7) is 3.56. The van der Waals surface area contributed by atoms with Crippen LogP contribution in [0.15, 0.2) is 22.7 Å². The van der Waals surface area contributed by atoms with E-state index in [0.29, 0.717) is 10.0 Å². The summed E-state index contributed by atoms with van der Waals surface area (Å²) in [5.41, 5.74) is 0.0807. The first-order chi connectivity index (χ1) is 6.84. The van der Waals surface area contributed by atoms with Crippen molar-refractivity contribution in [2.45, 2.75) is 25.7 Å². The van der Waals surface area contributed by atoms with Gasteiger partial charge in [0, 0.05) is 5.41 Å². The second-order valence-corrected chi connectivity index (χ2v) is 4.85. The molecule has 0 radical (unpaired) electrons. The number of benzene rings is 1. The predicted molar refractivity (Wildman–Crippen MR) is 59.4 cm³/mol. The number of carboxylic acids is 1. The van der Waals surface area contributed by atoms with Crippen LogP contribution in [0.25, 0.3) is 0 Å². The van der Waals surface area contributed by atoms with Crippen LogP contribution in [-0.2, 0) is 10.2 Å². The van der Waals surface area contributed by atoms with Crippen molar-refractivity contribution >= 4 is 21.9 Å². The van der Waals surface area contributed by atoms with Gasteiger partial charge in [-0.25, -0.2) is 4.39 Å². The molecule has 0 bridgehead atoms. The Kier molecular flexibility index (Phi) is 3.50. The Morgan fingerprint density at radius 1 is 1.53 bits per heavy atom. The third-order valence-corrected chi connectivity index (χ3v) is 3.08. The van der Waals surface area contributed by atoms with E-state index in [9.17, 15) is 9.18 Å². The normalized spacial score (nSPS) is 11.5. The smallest absolute Gasteiger partial charge is 0.304 e. The molecule has 0 aliphatic carbocycles. The van der Waals surface area contributed by atoms with Crippen molar-refractivity contribution in [3.63, 3.8) is 0 Å². The zero-order chi connectivity index (χ0) is 11.6. The number of hydrogen-bond donors (Lipinski definition) is 1. The van der Waals surface area contributed by atoms with Crippen molar-refractivity contribution in [1.29, 1.82) is 0 Å². The van der Waals surface area contributed by atoms with E-state index in [-0.39, 0.29) is 12.2 Å². The van der Waals surface area contributed by atoms with Gasteiger partial charge in [-0.15, -0.1) is 0 Å². The van der Waals surface area contributed by atoms with E-state index in [2.05, 4.69) is 15.9 Å². The number of carboxylic acid groups (broad SMARTS) is 1. The van der Waals surface area contributed by atoms with Crippen LogP contribution in [0.2, 0.25) is 0 Å². The molecule has 0 aliphatic rings. The van der Waals surface area contributed by atoms with Gasteiger partial charge in [-0.2, -0.15) is 0 Å². The molecule has 0 saturated carbocycles. The lowest BCUT2D eigenvalue weighted by Crippen LogP contribution is -2.22. The fraction of sp³-hybridized carbons (Fsp3) is 0.364. The maximum Gasteiger partial charge on any atom is 0.304 e. The molecular weight excluding hydrogens is 263 g/mol. The van der Waals surface area contributed by atoms with Gasteiger partial charge in [0.1, 0.15) is 5.82 Å². The summed E-state index contributed by atoms with van der Waals surface area (Å²) in [6.07, 6.45) is -0.0327. The third-order valence-electron chi connectivity index (χ3n) is 2.27. The number of rotatable bonds is 3. The molecule has 1 N–H and O–H groups in total. The SMILES string of the molecule is CC(C)(CC(=O)O)c1cccc(F)c1Br. The van der Waals surface area contributed by atoms with Crippen LogP contribution in [0, 0.1) is 5.82 Å². The van der Waals surface area contributed by atoms with E-state index in [1.54, 1.807) is 26.0 Å². The Morgan fingerprint density at radius 2 is 2.13 bits per heavy atom. The van der Waals surface area contributed by atoms with Gasteiger partial charge in [0.15, 0.2) is 0 Å². The minimum atomic E-state index is -0.892. The monoisotopic (exact) mass is 274 g/mol. The topological polar surface area (TPSA) is 37.3 Å². The average Bonchev–Trinajstić information content (AvgIpc) is 2.07. The molecule has 1 rings (SSSR count). The van der Waals surface area contributed by atoms with Crippen molar-refractivity contribution in [3.05, 3.63) is 34.1 Å². The Morgan fingerprint density at radius 3 is 2.67 bits per heavy atom. The molecule has 82 valence electrons. The molecule has 0 spiro atoms. The molecule has 0 fully saturated rings. The van der Waals surface area contributed by atoms with Crippen molar-refractivity contribution < 1.29 is 14.3 Å². The maximum absolute atomic E-state index is 13.3. The maximum atomic E-state index is 13.3. The van der Waals surface area contributed by atoms with Crippen LogP contribution in [0.1, 0.15) is 25.8 Å². The Balaban J connectivity index is 3.14. The number of carbonyl (C=O) groups is 1. The number of aliphatic carboxylic acids is 1. The van der Waals surface area contributed by atoms with Gasteiger partial charge in [-0.05, 0) is 27.6 Å². The van der Waals surface area contributed by atoms with Gasteiger partial charge in [0.05, 0.1) is 10.9 Å². The molecule has 2 nitrogen and oxygen atoms in total. The minimum absolute atomic E-state index is 0.0327. The zero-order valence-corrected chi connectivity index (χ0v) is 10.1. The molecule has 0 heterocycles. The van der Waals surface area contributed by atoms with E-state index < -0.39 is 11.4 Å². The van der Waals surface area contributed by atoms with E-state index in [1.165, 1.54) is 6.07 Å². The molecular formula is C11H12BrFO2. The summed E-state index contributed by atoms with van der Waals surface area (Å²) in [5, 5.41) is 8.76. The van der Waals surface area contributed by atoms with Gasteiger partial charge in [-0.1, -0.05) is 26.0 Å². The standard InChI is InChI=1S/C11H12BrFO2/c1-11(2,6-9(14)15)7-4-3-5-8(13)10(7)12/h3-5H,6H2,1-2H3,(H,14,15). The highest BCUT2D eigenvalue weighted by atomic mass is 79.9. The minimum Gasteiger partial charge on any atom is -0.481 e. The van der Waals surface area contributed by atoms with Gasteiger partial charge < -0.3 is 5.11 Å². The largest absolute Gasteiger partial charge is 0.481 e. The average molecular weight is 275 g/mol. The number of halogens is 2. The molecule has 1 aromatic carbocycles. The third kappa shape index (κ3) is 2.78. The summed E-state index contributed by atoms with van der Waals surface area (Å²) in [5.74, 6) is -1.26. The number of hydrogen-bond acceptors (Lipinski definition) is 1. The zero-order valence-electron chi connectivity index (χ0n) is 8.55. The second-order valence-electron chi connectivity index (χ2n) is 4.06. The Labute approximate surface area is 96.2 Å². The van der Waals surface area contributed by atoms with E-state index in [0.717, 1.165) is 0 Å². The first-order valence-corrected chi connectivity index (χ1v) is 5.30. The molecule has 15 heavy (non-hydrogen) atoms. The van der Waals surface area contributed by atoms with Crippen molar-refractivity contribution in [3.8, 4) is 0 Å². The lowest BCUT2D eigenvalue weighted by molar-refractivity contribution is -0.138. The van der Waals surface area contributed by atoms with Crippen LogP contribution >= 0.6 is 15.9 Å². The van der Waals surface area contributed by atoms with Crippen molar-refractivity contribution in [2.75, 3.05) is 0 Å². The lowest BCUT2D eigenvalue weighted by atomic mass is 9.81. The van der Waals surface area contributed by atoms with Gasteiger partial charge in [0.2, 0.25) is 0 Å². The second kappa shape index (κ2) is 4.31. The summed E-state index contributed by atoms with van der Waals surface area (Å²) in [7, 11) is 0. The van der Waals surface area contributed by atoms with Gasteiger partial charge in [-0.3, -0.25) is 4.79 Å². The highest BCUT2D eigenvalue weighted by Gasteiger charge is 2.27.